The van der Waals surface area contributed by atoms with E-state index < -0.39 is 0 Å². The second kappa shape index (κ2) is 10.1. The molecule has 39 heavy (non-hydrogen) atoms. The third-order valence-corrected chi connectivity index (χ3v) is 6.39. The standard InChI is InChI=1S/C31H27N5O3/c1-18(2)16-32-29-27-26(20-7-5-4-6-8-20)28(39-31(27)34-17-33-29)21-9-12-23(13-10-21)36-30(37)22-11-14-25-24(15-22)35-19(3)38-25/h4-15,17-18H,16H2,1-3H3,(H,36,37)(H,32,33,34). The van der Waals surface area contributed by atoms with Crippen molar-refractivity contribution in [2.24, 2.45) is 5.92 Å². The third kappa shape index (κ3) is 4.84. The number of aryl methyl sites for hydroxylation is 1. The number of carbonyl (C=O) groups is 1. The van der Waals surface area contributed by atoms with Crippen molar-refractivity contribution in [2.75, 3.05) is 17.2 Å². The summed E-state index contributed by atoms with van der Waals surface area (Å²) in [7, 11) is 0. The predicted octanol–water partition coefficient (Wildman–Crippen LogP) is 7.33. The Bertz CT molecular complexity index is 1790. The molecule has 0 aliphatic carbocycles. The molecule has 8 heteroatoms. The molecule has 0 fully saturated rings. The number of amides is 1. The second-order valence-electron chi connectivity index (χ2n) is 9.80. The van der Waals surface area contributed by atoms with E-state index in [-0.39, 0.29) is 5.91 Å². The number of fused-ring (bicyclic) bond motifs is 2. The molecular weight excluding hydrogens is 490 g/mol. The van der Waals surface area contributed by atoms with E-state index in [0.29, 0.717) is 45.6 Å². The Labute approximate surface area is 225 Å². The summed E-state index contributed by atoms with van der Waals surface area (Å²) >= 11 is 0. The maximum Gasteiger partial charge on any atom is 0.255 e. The van der Waals surface area contributed by atoms with Crippen LogP contribution in [0, 0.1) is 12.8 Å². The fourth-order valence-corrected chi connectivity index (χ4v) is 4.54. The van der Waals surface area contributed by atoms with Crippen LogP contribution < -0.4 is 10.6 Å². The summed E-state index contributed by atoms with van der Waals surface area (Å²) in [6.45, 7) is 6.86. The highest BCUT2D eigenvalue weighted by atomic mass is 16.3. The molecule has 0 aliphatic heterocycles. The van der Waals surface area contributed by atoms with Gasteiger partial charge in [0.1, 0.15) is 23.4 Å². The first-order chi connectivity index (χ1) is 19.0. The van der Waals surface area contributed by atoms with Crippen molar-refractivity contribution < 1.29 is 13.6 Å². The molecule has 2 N–H and O–H groups in total. The number of oxazole rings is 1. The minimum absolute atomic E-state index is 0.227. The van der Waals surface area contributed by atoms with E-state index in [0.717, 1.165) is 34.4 Å². The number of rotatable bonds is 7. The SMILES string of the molecule is Cc1nc2cc(C(=O)Nc3ccc(-c4oc5ncnc(NCC(C)C)c5c4-c4ccccc4)cc3)ccc2o1. The summed E-state index contributed by atoms with van der Waals surface area (Å²) in [5.41, 5.74) is 5.77. The van der Waals surface area contributed by atoms with Crippen LogP contribution in [0.2, 0.25) is 0 Å². The maximum atomic E-state index is 12.9. The zero-order chi connectivity index (χ0) is 26.9. The molecule has 0 saturated carbocycles. The van der Waals surface area contributed by atoms with Gasteiger partial charge in [0.2, 0.25) is 5.71 Å². The number of benzene rings is 3. The van der Waals surface area contributed by atoms with Gasteiger partial charge < -0.3 is 19.5 Å². The number of hydrogen-bond acceptors (Lipinski definition) is 7. The predicted molar refractivity (Wildman–Crippen MR) is 153 cm³/mol. The van der Waals surface area contributed by atoms with Crippen molar-refractivity contribution in [1.82, 2.24) is 15.0 Å². The molecule has 0 saturated heterocycles. The lowest BCUT2D eigenvalue weighted by atomic mass is 9.99. The largest absolute Gasteiger partial charge is 0.441 e. The smallest absolute Gasteiger partial charge is 0.255 e. The molecular formula is C31H27N5O3. The Morgan fingerprint density at radius 3 is 2.49 bits per heavy atom. The highest BCUT2D eigenvalue weighted by Crippen LogP contribution is 2.42. The Kier molecular flexibility index (Phi) is 6.28. The number of hydrogen-bond donors (Lipinski definition) is 2. The van der Waals surface area contributed by atoms with Crippen LogP contribution in [0.25, 0.3) is 44.7 Å². The van der Waals surface area contributed by atoms with E-state index in [4.69, 9.17) is 8.83 Å². The summed E-state index contributed by atoms with van der Waals surface area (Å²) in [4.78, 5) is 26.2. The number of furan rings is 1. The topological polar surface area (TPSA) is 106 Å². The number of carbonyl (C=O) groups excluding carboxylic acids is 1. The lowest BCUT2D eigenvalue weighted by molar-refractivity contribution is 0.102. The summed E-state index contributed by atoms with van der Waals surface area (Å²) < 4.78 is 11.8. The first kappa shape index (κ1) is 24.4. The van der Waals surface area contributed by atoms with Gasteiger partial charge in [0.05, 0.1) is 5.39 Å². The van der Waals surface area contributed by atoms with Gasteiger partial charge in [-0.25, -0.2) is 15.0 Å². The Morgan fingerprint density at radius 2 is 1.72 bits per heavy atom. The molecule has 6 aromatic rings. The Hall–Kier alpha value is -4.98. The Morgan fingerprint density at radius 1 is 0.923 bits per heavy atom. The zero-order valence-electron chi connectivity index (χ0n) is 21.9. The average Bonchev–Trinajstić information content (AvgIpc) is 3.52. The minimum Gasteiger partial charge on any atom is -0.441 e. The minimum atomic E-state index is -0.227. The fraction of sp³-hybridized carbons (Fsp3) is 0.161. The lowest BCUT2D eigenvalue weighted by Gasteiger charge is -2.10. The molecule has 3 aromatic heterocycles. The summed E-state index contributed by atoms with van der Waals surface area (Å²) in [5, 5.41) is 7.25. The van der Waals surface area contributed by atoms with Gasteiger partial charge in [-0.15, -0.1) is 0 Å². The third-order valence-electron chi connectivity index (χ3n) is 6.39. The second-order valence-corrected chi connectivity index (χ2v) is 9.80. The molecule has 3 aromatic carbocycles. The molecule has 0 aliphatic rings. The normalized spacial score (nSPS) is 11.4. The van der Waals surface area contributed by atoms with Crippen molar-refractivity contribution in [3.05, 3.63) is 90.6 Å². The van der Waals surface area contributed by atoms with Gasteiger partial charge in [-0.1, -0.05) is 44.2 Å². The molecule has 0 radical (unpaired) electrons. The lowest BCUT2D eigenvalue weighted by Crippen LogP contribution is -2.11. The van der Waals surface area contributed by atoms with Crippen LogP contribution in [0.3, 0.4) is 0 Å². The number of nitrogens with zero attached hydrogens (tertiary/aromatic N) is 3. The molecule has 194 valence electrons. The first-order valence-corrected chi connectivity index (χ1v) is 12.8. The van der Waals surface area contributed by atoms with Crippen LogP contribution in [0.4, 0.5) is 11.5 Å². The van der Waals surface area contributed by atoms with Gasteiger partial charge in [0.15, 0.2) is 11.5 Å². The van der Waals surface area contributed by atoms with Crippen LogP contribution in [-0.2, 0) is 0 Å². The van der Waals surface area contributed by atoms with Crippen molar-refractivity contribution in [2.45, 2.75) is 20.8 Å². The van der Waals surface area contributed by atoms with Gasteiger partial charge >= 0.3 is 0 Å². The van der Waals surface area contributed by atoms with Gasteiger partial charge in [0.25, 0.3) is 5.91 Å². The fourth-order valence-electron chi connectivity index (χ4n) is 4.54. The van der Waals surface area contributed by atoms with E-state index in [2.05, 4.69) is 51.6 Å². The van der Waals surface area contributed by atoms with Gasteiger partial charge in [-0.05, 0) is 53.9 Å². The molecule has 8 nitrogen and oxygen atoms in total. The van der Waals surface area contributed by atoms with E-state index in [1.54, 1.807) is 25.1 Å². The van der Waals surface area contributed by atoms with Crippen molar-refractivity contribution in [1.29, 1.82) is 0 Å². The number of nitrogens with one attached hydrogen (secondary N) is 2. The molecule has 0 spiro atoms. The summed E-state index contributed by atoms with van der Waals surface area (Å²) in [6.07, 6.45) is 1.52. The quantitative estimate of drug-likeness (QED) is 0.228. The summed E-state index contributed by atoms with van der Waals surface area (Å²) in [6, 6.07) is 22.9. The average molecular weight is 518 g/mol. The number of anilines is 2. The van der Waals surface area contributed by atoms with E-state index in [1.165, 1.54) is 6.33 Å². The van der Waals surface area contributed by atoms with Crippen molar-refractivity contribution >= 4 is 39.6 Å². The molecule has 0 atom stereocenters. The first-order valence-electron chi connectivity index (χ1n) is 12.8. The molecule has 1 amide bonds. The highest BCUT2D eigenvalue weighted by molar-refractivity contribution is 6.07. The summed E-state index contributed by atoms with van der Waals surface area (Å²) in [5.74, 6) is 2.22. The number of aromatic nitrogens is 3. The molecule has 3 heterocycles. The van der Waals surface area contributed by atoms with Crippen molar-refractivity contribution in [3.63, 3.8) is 0 Å². The van der Waals surface area contributed by atoms with Crippen LogP contribution in [-0.4, -0.2) is 27.4 Å². The molecule has 0 bridgehead atoms. The zero-order valence-corrected chi connectivity index (χ0v) is 21.9. The van der Waals surface area contributed by atoms with Crippen LogP contribution in [0.15, 0.2) is 88.0 Å². The Balaban J connectivity index is 1.34. The van der Waals surface area contributed by atoms with E-state index >= 15 is 0 Å². The van der Waals surface area contributed by atoms with Crippen LogP contribution >= 0.6 is 0 Å². The van der Waals surface area contributed by atoms with Gasteiger partial charge in [-0.3, -0.25) is 4.79 Å². The van der Waals surface area contributed by atoms with E-state index in [9.17, 15) is 4.79 Å². The van der Waals surface area contributed by atoms with E-state index in [1.807, 2.05) is 42.5 Å². The van der Waals surface area contributed by atoms with Gasteiger partial charge in [0, 0.05) is 35.8 Å². The monoisotopic (exact) mass is 517 g/mol. The molecule has 0 unspecified atom stereocenters. The van der Waals surface area contributed by atoms with Crippen molar-refractivity contribution in [3.8, 4) is 22.5 Å². The van der Waals surface area contributed by atoms with Crippen LogP contribution in [0.5, 0.6) is 0 Å². The maximum absolute atomic E-state index is 12.9. The highest BCUT2D eigenvalue weighted by Gasteiger charge is 2.22. The van der Waals surface area contributed by atoms with Gasteiger partial charge in [-0.2, -0.15) is 0 Å². The molecule has 6 rings (SSSR count). The van der Waals surface area contributed by atoms with Crippen LogP contribution in [0.1, 0.15) is 30.1 Å².